The number of hydrogen-bond acceptors (Lipinski definition) is 6. The summed E-state index contributed by atoms with van der Waals surface area (Å²) in [5.41, 5.74) is 1.52. The molecule has 1 fully saturated rings. The monoisotopic (exact) mass is 356 g/mol. The molecule has 138 valence electrons. The zero-order chi connectivity index (χ0) is 18.3. The van der Waals surface area contributed by atoms with E-state index in [0.717, 1.165) is 17.3 Å². The van der Waals surface area contributed by atoms with Crippen molar-refractivity contribution in [3.8, 4) is 0 Å². The average molecular weight is 356 g/mol. The van der Waals surface area contributed by atoms with E-state index in [1.807, 2.05) is 31.0 Å². The number of amides is 1. The summed E-state index contributed by atoms with van der Waals surface area (Å²) in [6.07, 6.45) is 2.67. The molecule has 2 aromatic rings. The predicted octanol–water partition coefficient (Wildman–Crippen LogP) is 0.418. The SMILES string of the molecule is Cc1ccc(C(=O)N2CCc3nnc([C@@H]4C[C@@H](O)CN4C)n3CC2)cn1. The van der Waals surface area contributed by atoms with Crippen LogP contribution in [0.4, 0.5) is 0 Å². The van der Waals surface area contributed by atoms with E-state index in [1.54, 1.807) is 6.20 Å². The zero-order valence-electron chi connectivity index (χ0n) is 15.2. The van der Waals surface area contributed by atoms with E-state index in [-0.39, 0.29) is 18.1 Å². The normalized spacial score (nSPS) is 23.7. The molecule has 1 saturated heterocycles. The Labute approximate surface area is 152 Å². The van der Waals surface area contributed by atoms with E-state index in [0.29, 0.717) is 44.6 Å². The van der Waals surface area contributed by atoms with Crippen molar-refractivity contribution in [1.29, 1.82) is 0 Å². The summed E-state index contributed by atoms with van der Waals surface area (Å²) in [5, 5.41) is 18.7. The summed E-state index contributed by atoms with van der Waals surface area (Å²) in [4.78, 5) is 21.0. The lowest BCUT2D eigenvalue weighted by atomic mass is 10.2. The molecular weight excluding hydrogens is 332 g/mol. The third kappa shape index (κ3) is 3.10. The van der Waals surface area contributed by atoms with Gasteiger partial charge in [-0.05, 0) is 32.5 Å². The van der Waals surface area contributed by atoms with Crippen molar-refractivity contribution in [2.75, 3.05) is 26.7 Å². The van der Waals surface area contributed by atoms with Gasteiger partial charge in [-0.3, -0.25) is 14.7 Å². The molecule has 2 aliphatic heterocycles. The van der Waals surface area contributed by atoms with Crippen LogP contribution < -0.4 is 0 Å². The maximum Gasteiger partial charge on any atom is 0.255 e. The molecule has 0 saturated carbocycles. The molecule has 4 heterocycles. The molecule has 8 heteroatoms. The van der Waals surface area contributed by atoms with Crippen molar-refractivity contribution >= 4 is 5.91 Å². The van der Waals surface area contributed by atoms with Gasteiger partial charge in [0.15, 0.2) is 5.82 Å². The molecule has 0 unspecified atom stereocenters. The largest absolute Gasteiger partial charge is 0.392 e. The summed E-state index contributed by atoms with van der Waals surface area (Å²) in [7, 11) is 2.00. The van der Waals surface area contributed by atoms with Crippen LogP contribution in [0.2, 0.25) is 0 Å². The minimum atomic E-state index is -0.323. The quantitative estimate of drug-likeness (QED) is 0.839. The van der Waals surface area contributed by atoms with Gasteiger partial charge in [0, 0.05) is 44.5 Å². The smallest absolute Gasteiger partial charge is 0.255 e. The maximum absolute atomic E-state index is 12.8. The highest BCUT2D eigenvalue weighted by Crippen LogP contribution is 2.30. The van der Waals surface area contributed by atoms with Gasteiger partial charge in [-0.2, -0.15) is 0 Å². The van der Waals surface area contributed by atoms with E-state index >= 15 is 0 Å². The summed E-state index contributed by atoms with van der Waals surface area (Å²) in [6, 6.07) is 3.77. The van der Waals surface area contributed by atoms with Gasteiger partial charge < -0.3 is 14.6 Å². The lowest BCUT2D eigenvalue weighted by Crippen LogP contribution is -2.34. The Bertz CT molecular complexity index is 803. The Morgan fingerprint density at radius 2 is 2.08 bits per heavy atom. The topological polar surface area (TPSA) is 87.4 Å². The molecule has 0 aromatic carbocycles. The van der Waals surface area contributed by atoms with Crippen LogP contribution in [0.25, 0.3) is 0 Å². The fraction of sp³-hybridized carbons (Fsp3) is 0.556. The second kappa shape index (κ2) is 6.77. The molecule has 2 atom stereocenters. The molecule has 0 aliphatic carbocycles. The minimum Gasteiger partial charge on any atom is -0.392 e. The highest BCUT2D eigenvalue weighted by Gasteiger charge is 2.34. The molecule has 2 aromatic heterocycles. The lowest BCUT2D eigenvalue weighted by Gasteiger charge is -2.21. The molecule has 26 heavy (non-hydrogen) atoms. The number of aliphatic hydroxyl groups is 1. The summed E-state index contributed by atoms with van der Waals surface area (Å²) >= 11 is 0. The van der Waals surface area contributed by atoms with Gasteiger partial charge >= 0.3 is 0 Å². The number of carbonyl (C=O) groups excluding carboxylic acids is 1. The van der Waals surface area contributed by atoms with E-state index in [2.05, 4.69) is 24.6 Å². The van der Waals surface area contributed by atoms with E-state index in [4.69, 9.17) is 0 Å². The van der Waals surface area contributed by atoms with Crippen molar-refractivity contribution in [3.05, 3.63) is 41.2 Å². The fourth-order valence-corrected chi connectivity index (χ4v) is 3.85. The Morgan fingerprint density at radius 1 is 1.23 bits per heavy atom. The number of rotatable bonds is 2. The van der Waals surface area contributed by atoms with Crippen LogP contribution >= 0.6 is 0 Å². The first-order valence-corrected chi connectivity index (χ1v) is 9.05. The molecule has 8 nitrogen and oxygen atoms in total. The number of aromatic nitrogens is 4. The van der Waals surface area contributed by atoms with Crippen molar-refractivity contribution in [2.24, 2.45) is 0 Å². The number of carbonyl (C=O) groups is 1. The Morgan fingerprint density at radius 3 is 2.77 bits per heavy atom. The van der Waals surface area contributed by atoms with Crippen molar-refractivity contribution in [1.82, 2.24) is 29.5 Å². The third-order valence-electron chi connectivity index (χ3n) is 5.32. The number of nitrogens with zero attached hydrogens (tertiary/aromatic N) is 6. The highest BCUT2D eigenvalue weighted by atomic mass is 16.3. The summed E-state index contributed by atoms with van der Waals surface area (Å²) in [6.45, 7) is 4.46. The predicted molar refractivity (Wildman–Crippen MR) is 94.6 cm³/mol. The summed E-state index contributed by atoms with van der Waals surface area (Å²) in [5.74, 6) is 1.81. The Kier molecular flexibility index (Phi) is 4.46. The van der Waals surface area contributed by atoms with Crippen LogP contribution in [-0.4, -0.2) is 73.3 Å². The summed E-state index contributed by atoms with van der Waals surface area (Å²) < 4.78 is 2.12. The first-order chi connectivity index (χ1) is 12.5. The van der Waals surface area contributed by atoms with Gasteiger partial charge in [-0.1, -0.05) is 0 Å². The van der Waals surface area contributed by atoms with Gasteiger partial charge in [0.2, 0.25) is 0 Å². The standard InChI is InChI=1S/C18H24N6O2/c1-12-3-4-13(10-19-12)18(26)23-6-5-16-20-21-17(24(16)8-7-23)15-9-14(25)11-22(15)2/h3-4,10,14-15,25H,5-9,11H2,1-2H3/t14-,15+/m1/s1. The van der Waals surface area contributed by atoms with Crippen LogP contribution in [0.3, 0.4) is 0 Å². The van der Waals surface area contributed by atoms with Crippen molar-refractivity contribution < 1.29 is 9.90 Å². The van der Waals surface area contributed by atoms with Crippen LogP contribution in [0, 0.1) is 6.92 Å². The fourth-order valence-electron chi connectivity index (χ4n) is 3.85. The number of aryl methyl sites for hydroxylation is 1. The third-order valence-corrected chi connectivity index (χ3v) is 5.32. The number of likely N-dealkylation sites (N-methyl/N-ethyl adjacent to an activating group) is 1. The second-order valence-corrected chi connectivity index (χ2v) is 7.20. The molecule has 2 aliphatic rings. The molecule has 4 rings (SSSR count). The molecule has 0 spiro atoms. The number of pyridine rings is 1. The number of hydrogen-bond donors (Lipinski definition) is 1. The first-order valence-electron chi connectivity index (χ1n) is 9.05. The number of fused-ring (bicyclic) bond motifs is 1. The average Bonchev–Trinajstić information content (AvgIpc) is 3.09. The molecule has 0 bridgehead atoms. The Hall–Kier alpha value is -2.32. The van der Waals surface area contributed by atoms with Crippen molar-refractivity contribution in [3.63, 3.8) is 0 Å². The number of aliphatic hydroxyl groups excluding tert-OH is 1. The van der Waals surface area contributed by atoms with Gasteiger partial charge in [0.25, 0.3) is 5.91 Å². The molecule has 1 N–H and O–H groups in total. The van der Waals surface area contributed by atoms with Crippen molar-refractivity contribution in [2.45, 2.75) is 38.5 Å². The van der Waals surface area contributed by atoms with Gasteiger partial charge in [0.05, 0.1) is 17.7 Å². The van der Waals surface area contributed by atoms with E-state index in [9.17, 15) is 9.90 Å². The van der Waals surface area contributed by atoms with Gasteiger partial charge in [-0.15, -0.1) is 10.2 Å². The van der Waals surface area contributed by atoms with Crippen LogP contribution in [-0.2, 0) is 13.0 Å². The first kappa shape index (κ1) is 17.1. The van der Waals surface area contributed by atoms with E-state index in [1.165, 1.54) is 0 Å². The maximum atomic E-state index is 12.8. The number of likely N-dealkylation sites (tertiary alicyclic amines) is 1. The molecule has 0 radical (unpaired) electrons. The van der Waals surface area contributed by atoms with E-state index < -0.39 is 0 Å². The number of β-amino-alcohol motifs (C(OH)–C–C–N with tert-alkyl or cyclic N) is 1. The van der Waals surface area contributed by atoms with Crippen LogP contribution in [0.5, 0.6) is 0 Å². The van der Waals surface area contributed by atoms with Crippen LogP contribution in [0.15, 0.2) is 18.3 Å². The molecule has 1 amide bonds. The van der Waals surface area contributed by atoms with Gasteiger partial charge in [-0.25, -0.2) is 0 Å². The lowest BCUT2D eigenvalue weighted by molar-refractivity contribution is 0.0758. The van der Waals surface area contributed by atoms with Crippen LogP contribution in [0.1, 0.15) is 40.2 Å². The molecular formula is C18H24N6O2. The van der Waals surface area contributed by atoms with Gasteiger partial charge in [0.1, 0.15) is 5.82 Å². The Balaban J connectivity index is 1.51. The zero-order valence-corrected chi connectivity index (χ0v) is 15.2. The second-order valence-electron chi connectivity index (χ2n) is 7.20. The highest BCUT2D eigenvalue weighted by molar-refractivity contribution is 5.93. The minimum absolute atomic E-state index is 0.00571.